The number of carboxylic acids is 5. The highest BCUT2D eigenvalue weighted by Crippen LogP contribution is 2.31. The standard InChI is InChI=1S/C23H47N15O10.5C2HF3O2/c24-19(25)34-2-6-10(40)12(42)8(38-23(32)33)17(45-6)47-15-5(37-22(30)31)1-4(36-21(28)29)9(39)16(15)48-18-14(44)13(43)11(41)7(46-18)3-35-20(26)27;5*3-2(4,5)1(6)7/h4-18,39-44H,1-3H2,(H4,24,25,34)(H4,26,27,35)(H4,28,29,36)(H4,30,31,37)(H4,32,33,38);5*(H,6,7)/t4-,5+,6-,7-,8-,9+,10-,11-,12-,13+,14-,15-,16-,17-,18+;;;;;/m1...../s1. The Morgan fingerprint density at radius 3 is 0.964 bits per heavy atom. The Balaban J connectivity index is -0.00000146. The summed E-state index contributed by atoms with van der Waals surface area (Å²) in [6, 6.07) is -3.28. The van der Waals surface area contributed by atoms with E-state index in [9.17, 15) is 96.5 Å². The van der Waals surface area contributed by atoms with Gasteiger partial charge in [0.05, 0.1) is 13.1 Å². The summed E-state index contributed by atoms with van der Waals surface area (Å²) < 4.78 is 182. The van der Waals surface area contributed by atoms with Crippen LogP contribution in [0.25, 0.3) is 0 Å². The lowest BCUT2D eigenvalue weighted by Crippen LogP contribution is -2.96. The van der Waals surface area contributed by atoms with Gasteiger partial charge < -0.3 is 99.1 Å². The molecule has 2 saturated heterocycles. The first-order valence-electron chi connectivity index (χ1n) is 20.9. The summed E-state index contributed by atoms with van der Waals surface area (Å²) in [4.78, 5) is 57.2. The van der Waals surface area contributed by atoms with E-state index in [1.165, 1.54) is 0 Å². The van der Waals surface area contributed by atoms with Crippen molar-refractivity contribution in [1.82, 2.24) is 0 Å². The smallest absolute Gasteiger partial charge is 0.430 e. The highest BCUT2D eigenvalue weighted by molar-refractivity contribution is 5.73. The number of carbonyl (C=O) groups is 5. The third kappa shape index (κ3) is 30.8. The molecule has 0 aromatic rings. The average Bonchev–Trinajstić information content (AvgIpc) is 3.29. The van der Waals surface area contributed by atoms with Crippen molar-refractivity contribution in [1.29, 1.82) is 0 Å². The van der Waals surface area contributed by atoms with Crippen LogP contribution >= 0.6 is 0 Å². The van der Waals surface area contributed by atoms with Crippen LogP contribution in [0.15, 0.2) is 0 Å². The number of guanidine groups is 5. The lowest BCUT2D eigenvalue weighted by molar-refractivity contribution is -0.595. The maximum atomic E-state index is 11.6. The van der Waals surface area contributed by atoms with Gasteiger partial charge in [-0.15, -0.1) is 0 Å². The lowest BCUT2D eigenvalue weighted by atomic mass is 9.83. The number of hydrogen-bond donors (Lipinski definition) is 21. The molecule has 50 heteroatoms. The van der Waals surface area contributed by atoms with E-state index in [2.05, 4.69) is 25.0 Å². The number of hydrogen-bond acceptors (Lipinski definition) is 20. The van der Waals surface area contributed by atoms with Crippen molar-refractivity contribution in [2.24, 2.45) is 57.3 Å². The van der Waals surface area contributed by atoms with Crippen LogP contribution in [0.5, 0.6) is 0 Å². The van der Waals surface area contributed by atoms with Crippen LogP contribution in [0.1, 0.15) is 6.42 Å². The fourth-order valence-electron chi connectivity index (χ4n) is 5.75. The van der Waals surface area contributed by atoms with E-state index in [-0.39, 0.29) is 49.3 Å². The van der Waals surface area contributed by atoms with E-state index in [4.69, 9.17) is 126 Å². The highest BCUT2D eigenvalue weighted by Gasteiger charge is 2.55. The van der Waals surface area contributed by atoms with Gasteiger partial charge in [0.2, 0.25) is 0 Å². The number of nitrogens with one attached hydrogen (secondary N) is 5. The number of ether oxygens (including phenoxy) is 4. The van der Waals surface area contributed by atoms with Gasteiger partial charge in [0.15, 0.2) is 18.6 Å². The third-order valence-corrected chi connectivity index (χ3v) is 9.14. The first-order valence-corrected chi connectivity index (χ1v) is 20.9. The number of nitrogens with two attached hydrogens (primary N) is 10. The van der Waals surface area contributed by atoms with Crippen LogP contribution in [0.3, 0.4) is 0 Å². The van der Waals surface area contributed by atoms with E-state index in [1.54, 1.807) is 0 Å². The van der Waals surface area contributed by atoms with Gasteiger partial charge in [-0.3, -0.25) is 82.3 Å². The maximum absolute atomic E-state index is 11.6. The summed E-state index contributed by atoms with van der Waals surface area (Å²) in [5.41, 5.74) is 56.1. The summed E-state index contributed by atoms with van der Waals surface area (Å²) >= 11 is 0. The van der Waals surface area contributed by atoms with Crippen molar-refractivity contribution in [3.63, 3.8) is 0 Å². The largest absolute Gasteiger partial charge is 0.542 e. The van der Waals surface area contributed by atoms with Gasteiger partial charge in [0.25, 0.3) is 0 Å². The molecule has 2 heterocycles. The number of halogens is 15. The molecule has 3 rings (SSSR count). The molecule has 3 aliphatic rings. The SMILES string of the molecule is NC(N)=[NH+]C[C@H]1O[C@@H](O[C@@H]2[C@@H](O)[C@H]([NH+]=C(N)N)C[C@H]([NH+]=C(N)N)[C@H]2O[C@H]2O[C@H](C[NH+]=C(N)N)[C@@H](O)[C@H](O)[C@H]2[NH+]=C(N)N)[C@H](O)[C@@H](O)[C@@H]1O.O=C([O-])C(F)(F)F.O=C([O-])C(F)(F)F.O=C([O-])C(F)(F)F.O=C([O-])C(F)(F)F.O=C([O-])C(F)(F)F. The molecular formula is C33H52F15N15O20. The third-order valence-electron chi connectivity index (χ3n) is 9.14. The summed E-state index contributed by atoms with van der Waals surface area (Å²) in [5.74, 6) is -16.4. The molecule has 31 N–H and O–H groups in total. The Bertz CT molecular complexity index is 2100. The van der Waals surface area contributed by atoms with Gasteiger partial charge in [-0.05, 0) is 0 Å². The van der Waals surface area contributed by atoms with Gasteiger partial charge >= 0.3 is 60.7 Å². The van der Waals surface area contributed by atoms with Crippen molar-refractivity contribution in [2.45, 2.75) is 129 Å². The molecule has 0 spiro atoms. The Labute approximate surface area is 449 Å². The second-order valence-electron chi connectivity index (χ2n) is 15.6. The van der Waals surface area contributed by atoms with Gasteiger partial charge in [-0.1, -0.05) is 0 Å². The Kier molecular flexibility index (Phi) is 32.0. The first kappa shape index (κ1) is 79.5. The summed E-state index contributed by atoms with van der Waals surface area (Å²) in [6.07, 6.45) is -44.6. The van der Waals surface area contributed by atoms with Gasteiger partial charge in [-0.2, -0.15) is 65.9 Å². The first-order chi connectivity index (χ1) is 37.1. The monoisotopic (exact) mass is 1260 g/mol. The number of alkyl halides is 15. The molecule has 0 radical (unpaired) electrons. The van der Waals surface area contributed by atoms with Crippen molar-refractivity contribution in [3.8, 4) is 0 Å². The van der Waals surface area contributed by atoms with Crippen molar-refractivity contribution in [3.05, 3.63) is 0 Å². The molecule has 83 heavy (non-hydrogen) atoms. The van der Waals surface area contributed by atoms with Gasteiger partial charge in [0, 0.05) is 6.42 Å². The quantitative estimate of drug-likeness (QED) is 0.0519. The number of aliphatic hydroxyl groups is 6. The minimum absolute atomic E-state index is 0.0418. The molecule has 0 bridgehead atoms. The van der Waals surface area contributed by atoms with Crippen LogP contribution in [0.4, 0.5) is 65.9 Å². The Hall–Kier alpha value is -7.75. The second-order valence-corrected chi connectivity index (χ2v) is 15.6. The number of rotatable bonds is 11. The Morgan fingerprint density at radius 1 is 0.398 bits per heavy atom. The zero-order valence-electron chi connectivity index (χ0n) is 40.6. The van der Waals surface area contributed by atoms with Crippen LogP contribution in [-0.4, -0.2) is 226 Å². The van der Waals surface area contributed by atoms with E-state index >= 15 is 0 Å². The summed E-state index contributed by atoms with van der Waals surface area (Å²) in [6.45, 7) is -0.403. The zero-order valence-corrected chi connectivity index (χ0v) is 40.6. The number of carbonyl (C=O) groups excluding carboxylic acids is 5. The van der Waals surface area contributed by atoms with Crippen LogP contribution in [0, 0.1) is 0 Å². The van der Waals surface area contributed by atoms with E-state index in [0.717, 1.165) is 0 Å². The second kappa shape index (κ2) is 33.4. The van der Waals surface area contributed by atoms with Crippen LogP contribution < -0.4 is 108 Å². The fraction of sp³-hybridized carbons (Fsp3) is 0.697. The summed E-state index contributed by atoms with van der Waals surface area (Å²) in [5, 5.41) is 109. The average molecular weight is 1260 g/mol. The van der Waals surface area contributed by atoms with E-state index in [1.807, 2.05) is 0 Å². The molecule has 3 fully saturated rings. The molecule has 15 atom stereocenters. The predicted octanol–water partition coefficient (Wildman–Crippen LogP) is -23.9. The molecule has 35 nitrogen and oxygen atoms in total. The summed E-state index contributed by atoms with van der Waals surface area (Å²) in [7, 11) is 0. The molecule has 484 valence electrons. The Morgan fingerprint density at radius 2 is 0.675 bits per heavy atom. The molecular weight excluding hydrogens is 1210 g/mol. The molecule has 1 aliphatic carbocycles. The lowest BCUT2D eigenvalue weighted by Gasteiger charge is -2.47. The predicted molar refractivity (Wildman–Crippen MR) is 216 cm³/mol. The minimum Gasteiger partial charge on any atom is -0.542 e. The van der Waals surface area contributed by atoms with E-state index in [0.29, 0.717) is 0 Å². The van der Waals surface area contributed by atoms with Crippen molar-refractivity contribution in [2.75, 3.05) is 13.1 Å². The van der Waals surface area contributed by atoms with Crippen molar-refractivity contribution < 1.29 is 190 Å². The zero-order chi connectivity index (χ0) is 66.4. The fourth-order valence-corrected chi connectivity index (χ4v) is 5.75. The molecule has 2 aliphatic heterocycles. The molecule has 0 aromatic heterocycles. The van der Waals surface area contributed by atoms with Crippen molar-refractivity contribution >= 4 is 59.6 Å². The number of aliphatic hydroxyl groups excluding tert-OH is 6. The highest BCUT2D eigenvalue weighted by atomic mass is 19.4. The van der Waals surface area contributed by atoms with E-state index < -0.39 is 152 Å². The normalized spacial score (nSPS) is 27.7. The minimum atomic E-state index is -5.19. The van der Waals surface area contributed by atoms with Crippen LogP contribution in [-0.2, 0) is 42.9 Å². The topological polar surface area (TPSA) is 689 Å². The van der Waals surface area contributed by atoms with Gasteiger partial charge in [-0.25, -0.2) is 0 Å². The van der Waals surface area contributed by atoms with Crippen LogP contribution in [0.2, 0.25) is 0 Å². The number of aliphatic carboxylic acids is 5. The molecule has 1 saturated carbocycles. The molecule has 0 amide bonds. The van der Waals surface area contributed by atoms with Gasteiger partial charge in [0.1, 0.15) is 103 Å². The maximum Gasteiger partial charge on any atom is 0.430 e. The number of carboxylic acid groups (broad SMARTS) is 5. The molecule has 0 aromatic carbocycles. The molecule has 0 unspecified atom stereocenters.